The summed E-state index contributed by atoms with van der Waals surface area (Å²) >= 11 is 0. The standard InChI is InChI=1S/C16H24N2O2/c1-4-15-9-8-11(2)18(15)16(20)17-14-7-5-6-13(10-14)12(3)19/h5-7,10-12,15,19H,4,8-9H2,1-3H3,(H,17,20). The van der Waals surface area contributed by atoms with Crippen LogP contribution in [0, 0.1) is 0 Å². The molecule has 0 spiro atoms. The maximum Gasteiger partial charge on any atom is 0.322 e. The fourth-order valence-electron chi connectivity index (χ4n) is 2.90. The van der Waals surface area contributed by atoms with Gasteiger partial charge in [0.25, 0.3) is 0 Å². The van der Waals surface area contributed by atoms with Gasteiger partial charge in [0.1, 0.15) is 0 Å². The summed E-state index contributed by atoms with van der Waals surface area (Å²) in [5.74, 6) is 0. The lowest BCUT2D eigenvalue weighted by atomic mass is 10.1. The van der Waals surface area contributed by atoms with Gasteiger partial charge in [0.15, 0.2) is 0 Å². The van der Waals surface area contributed by atoms with E-state index in [4.69, 9.17) is 0 Å². The van der Waals surface area contributed by atoms with Crippen molar-refractivity contribution in [2.45, 2.75) is 58.2 Å². The summed E-state index contributed by atoms with van der Waals surface area (Å²) in [4.78, 5) is 14.4. The molecular weight excluding hydrogens is 252 g/mol. The minimum Gasteiger partial charge on any atom is -0.389 e. The van der Waals surface area contributed by atoms with Crippen molar-refractivity contribution in [3.8, 4) is 0 Å². The molecule has 1 aromatic rings. The number of nitrogens with one attached hydrogen (secondary N) is 1. The fourth-order valence-corrected chi connectivity index (χ4v) is 2.90. The van der Waals surface area contributed by atoms with Gasteiger partial charge in [0.05, 0.1) is 6.10 Å². The zero-order chi connectivity index (χ0) is 14.7. The lowest BCUT2D eigenvalue weighted by Crippen LogP contribution is -2.42. The van der Waals surface area contributed by atoms with Crippen molar-refractivity contribution in [3.63, 3.8) is 0 Å². The van der Waals surface area contributed by atoms with Crippen molar-refractivity contribution in [2.24, 2.45) is 0 Å². The molecule has 4 heteroatoms. The highest BCUT2D eigenvalue weighted by Gasteiger charge is 2.33. The number of aliphatic hydroxyl groups excluding tert-OH is 1. The van der Waals surface area contributed by atoms with Crippen LogP contribution in [0.4, 0.5) is 10.5 Å². The fraction of sp³-hybridized carbons (Fsp3) is 0.562. The molecule has 0 bridgehead atoms. The van der Waals surface area contributed by atoms with E-state index in [0.29, 0.717) is 12.1 Å². The molecule has 20 heavy (non-hydrogen) atoms. The highest BCUT2D eigenvalue weighted by atomic mass is 16.3. The molecule has 1 heterocycles. The Morgan fingerprint density at radius 1 is 1.50 bits per heavy atom. The van der Waals surface area contributed by atoms with Crippen LogP contribution < -0.4 is 5.32 Å². The van der Waals surface area contributed by atoms with Gasteiger partial charge in [-0.2, -0.15) is 0 Å². The summed E-state index contributed by atoms with van der Waals surface area (Å²) in [6.45, 7) is 5.94. The Labute approximate surface area is 120 Å². The predicted molar refractivity (Wildman–Crippen MR) is 80.7 cm³/mol. The van der Waals surface area contributed by atoms with Crippen molar-refractivity contribution in [2.75, 3.05) is 5.32 Å². The van der Waals surface area contributed by atoms with E-state index >= 15 is 0 Å². The molecule has 3 unspecified atom stereocenters. The summed E-state index contributed by atoms with van der Waals surface area (Å²) in [6, 6.07) is 7.97. The first-order chi connectivity index (χ1) is 9.52. The highest BCUT2D eigenvalue weighted by molar-refractivity contribution is 5.90. The van der Waals surface area contributed by atoms with Gasteiger partial charge >= 0.3 is 6.03 Å². The second kappa shape index (κ2) is 6.27. The number of amides is 2. The molecule has 1 aliphatic heterocycles. The maximum atomic E-state index is 12.4. The normalized spacial score (nSPS) is 23.7. The molecule has 0 saturated carbocycles. The summed E-state index contributed by atoms with van der Waals surface area (Å²) in [6.07, 6.45) is 2.62. The van der Waals surface area contributed by atoms with Gasteiger partial charge in [0, 0.05) is 17.8 Å². The van der Waals surface area contributed by atoms with E-state index in [9.17, 15) is 9.90 Å². The van der Waals surface area contributed by atoms with Gasteiger partial charge in [-0.1, -0.05) is 19.1 Å². The zero-order valence-corrected chi connectivity index (χ0v) is 12.5. The van der Waals surface area contributed by atoms with Crippen LogP contribution in [0.25, 0.3) is 0 Å². The monoisotopic (exact) mass is 276 g/mol. The van der Waals surface area contributed by atoms with Crippen molar-refractivity contribution >= 4 is 11.7 Å². The highest BCUT2D eigenvalue weighted by Crippen LogP contribution is 2.27. The zero-order valence-electron chi connectivity index (χ0n) is 12.5. The first-order valence-electron chi connectivity index (χ1n) is 7.40. The molecule has 4 nitrogen and oxygen atoms in total. The van der Waals surface area contributed by atoms with Crippen LogP contribution in [-0.4, -0.2) is 28.1 Å². The number of urea groups is 1. The third-order valence-corrected chi connectivity index (χ3v) is 4.11. The summed E-state index contributed by atoms with van der Waals surface area (Å²) in [5.41, 5.74) is 1.55. The molecule has 110 valence electrons. The Morgan fingerprint density at radius 2 is 2.25 bits per heavy atom. The second-order valence-electron chi connectivity index (χ2n) is 5.63. The third-order valence-electron chi connectivity index (χ3n) is 4.11. The largest absolute Gasteiger partial charge is 0.389 e. The number of benzene rings is 1. The molecule has 2 amide bonds. The Bertz CT molecular complexity index is 473. The number of rotatable bonds is 3. The molecule has 1 saturated heterocycles. The van der Waals surface area contributed by atoms with Crippen molar-refractivity contribution < 1.29 is 9.90 Å². The molecule has 1 aliphatic rings. The average Bonchev–Trinajstić information content (AvgIpc) is 2.80. The van der Waals surface area contributed by atoms with E-state index in [1.54, 1.807) is 6.92 Å². The molecule has 2 rings (SSSR count). The van der Waals surface area contributed by atoms with Crippen LogP contribution in [0.1, 0.15) is 51.7 Å². The van der Waals surface area contributed by atoms with Crippen molar-refractivity contribution in [3.05, 3.63) is 29.8 Å². The number of hydrogen-bond donors (Lipinski definition) is 2. The van der Waals surface area contributed by atoms with Gasteiger partial charge in [-0.05, 0) is 50.8 Å². The minimum atomic E-state index is -0.527. The Hall–Kier alpha value is -1.55. The average molecular weight is 276 g/mol. The van der Waals surface area contributed by atoms with E-state index in [1.165, 1.54) is 0 Å². The molecular formula is C16H24N2O2. The molecule has 1 fully saturated rings. The summed E-state index contributed by atoms with van der Waals surface area (Å²) in [5, 5.41) is 12.5. The lowest BCUT2D eigenvalue weighted by Gasteiger charge is -2.28. The smallest absolute Gasteiger partial charge is 0.322 e. The van der Waals surface area contributed by atoms with E-state index in [2.05, 4.69) is 19.2 Å². The molecule has 1 aromatic carbocycles. The molecule has 0 radical (unpaired) electrons. The Kier molecular flexibility index (Phi) is 4.65. The van der Waals surface area contributed by atoms with Gasteiger partial charge in [-0.15, -0.1) is 0 Å². The number of anilines is 1. The Balaban J connectivity index is 2.09. The van der Waals surface area contributed by atoms with Crippen molar-refractivity contribution in [1.82, 2.24) is 4.90 Å². The van der Waals surface area contributed by atoms with Crippen LogP contribution in [0.2, 0.25) is 0 Å². The first kappa shape index (κ1) is 14.9. The topological polar surface area (TPSA) is 52.6 Å². The van der Waals surface area contributed by atoms with Gasteiger partial charge in [-0.25, -0.2) is 4.79 Å². The second-order valence-corrected chi connectivity index (χ2v) is 5.63. The van der Waals surface area contributed by atoms with Crippen LogP contribution in [0.5, 0.6) is 0 Å². The lowest BCUT2D eigenvalue weighted by molar-refractivity contribution is 0.188. The number of carbonyl (C=O) groups is 1. The predicted octanol–water partition coefficient (Wildman–Crippen LogP) is 3.53. The molecule has 0 aliphatic carbocycles. The van der Waals surface area contributed by atoms with Crippen LogP contribution in [-0.2, 0) is 0 Å². The summed E-state index contributed by atoms with van der Waals surface area (Å²) < 4.78 is 0. The third kappa shape index (κ3) is 3.12. The van der Waals surface area contributed by atoms with E-state index < -0.39 is 6.10 Å². The van der Waals surface area contributed by atoms with E-state index in [1.807, 2.05) is 29.2 Å². The van der Waals surface area contributed by atoms with Crippen molar-refractivity contribution in [1.29, 1.82) is 0 Å². The quantitative estimate of drug-likeness (QED) is 0.887. The molecule has 3 atom stereocenters. The van der Waals surface area contributed by atoms with Crippen LogP contribution in [0.3, 0.4) is 0 Å². The minimum absolute atomic E-state index is 0.0374. The molecule has 0 aromatic heterocycles. The number of likely N-dealkylation sites (tertiary alicyclic amines) is 1. The Morgan fingerprint density at radius 3 is 2.90 bits per heavy atom. The van der Waals surface area contributed by atoms with E-state index in [-0.39, 0.29) is 6.03 Å². The van der Waals surface area contributed by atoms with Gasteiger partial charge in [0.2, 0.25) is 0 Å². The number of carbonyl (C=O) groups excluding carboxylic acids is 1. The maximum absolute atomic E-state index is 12.4. The van der Waals surface area contributed by atoms with Crippen LogP contribution in [0.15, 0.2) is 24.3 Å². The molecule has 2 N–H and O–H groups in total. The SMILES string of the molecule is CCC1CCC(C)N1C(=O)Nc1cccc(C(C)O)c1. The number of hydrogen-bond acceptors (Lipinski definition) is 2. The van der Waals surface area contributed by atoms with E-state index in [0.717, 1.165) is 30.5 Å². The van der Waals surface area contributed by atoms with Gasteiger partial charge in [-0.3, -0.25) is 0 Å². The summed E-state index contributed by atoms with van der Waals surface area (Å²) in [7, 11) is 0. The number of nitrogens with zero attached hydrogens (tertiary/aromatic N) is 1. The van der Waals surface area contributed by atoms with Gasteiger partial charge < -0.3 is 15.3 Å². The van der Waals surface area contributed by atoms with Crippen LogP contribution >= 0.6 is 0 Å². The number of aliphatic hydroxyl groups is 1. The first-order valence-corrected chi connectivity index (χ1v) is 7.40.